The van der Waals surface area contributed by atoms with E-state index in [9.17, 15) is 4.79 Å². The van der Waals surface area contributed by atoms with Crippen molar-refractivity contribution in [2.75, 3.05) is 44.7 Å². The molecule has 2 heterocycles. The first-order valence-electron chi connectivity index (χ1n) is 6.77. The van der Waals surface area contributed by atoms with Crippen LogP contribution in [0.5, 0.6) is 0 Å². The van der Waals surface area contributed by atoms with Gasteiger partial charge in [0.05, 0.1) is 11.6 Å². The standard InChI is InChI=1S/C14H20ClN3O2/c1-11(19)20-8-3-12-9-14(16-10-13(12)15)18-6-4-17(2)5-7-18/h9-10H,3-8H2,1-2H3. The number of esters is 1. The fourth-order valence-corrected chi connectivity index (χ4v) is 2.37. The van der Waals surface area contributed by atoms with E-state index >= 15 is 0 Å². The first-order valence-corrected chi connectivity index (χ1v) is 7.15. The van der Waals surface area contributed by atoms with E-state index in [4.69, 9.17) is 16.3 Å². The molecule has 0 saturated carbocycles. The molecule has 0 atom stereocenters. The summed E-state index contributed by atoms with van der Waals surface area (Å²) in [5, 5.41) is 0.620. The highest BCUT2D eigenvalue weighted by Crippen LogP contribution is 2.22. The third-order valence-corrected chi connectivity index (χ3v) is 3.76. The molecule has 110 valence electrons. The molecule has 0 unspecified atom stereocenters. The number of rotatable bonds is 4. The average Bonchev–Trinajstić information content (AvgIpc) is 2.41. The number of piperazine rings is 1. The van der Waals surface area contributed by atoms with Gasteiger partial charge in [0.15, 0.2) is 0 Å². The van der Waals surface area contributed by atoms with Crippen LogP contribution in [0.1, 0.15) is 12.5 Å². The van der Waals surface area contributed by atoms with Crippen LogP contribution in [0.4, 0.5) is 5.82 Å². The Morgan fingerprint density at radius 3 is 2.75 bits per heavy atom. The fraction of sp³-hybridized carbons (Fsp3) is 0.571. The first kappa shape index (κ1) is 15.1. The van der Waals surface area contributed by atoms with E-state index in [1.165, 1.54) is 6.92 Å². The summed E-state index contributed by atoms with van der Waals surface area (Å²) in [7, 11) is 2.12. The predicted octanol–water partition coefficient (Wildman–Crippen LogP) is 1.59. The van der Waals surface area contributed by atoms with E-state index in [0.717, 1.165) is 37.6 Å². The first-order chi connectivity index (χ1) is 9.56. The molecule has 5 nitrogen and oxygen atoms in total. The zero-order valence-corrected chi connectivity index (χ0v) is 12.7. The maximum Gasteiger partial charge on any atom is 0.302 e. The van der Waals surface area contributed by atoms with Crippen molar-refractivity contribution >= 4 is 23.4 Å². The number of nitrogens with zero attached hydrogens (tertiary/aromatic N) is 3. The molecule has 1 aromatic heterocycles. The number of hydrogen-bond acceptors (Lipinski definition) is 5. The average molecular weight is 298 g/mol. The van der Waals surface area contributed by atoms with Crippen molar-refractivity contribution in [3.05, 3.63) is 22.8 Å². The van der Waals surface area contributed by atoms with Gasteiger partial charge in [0, 0.05) is 45.7 Å². The molecule has 0 N–H and O–H groups in total. The number of ether oxygens (including phenoxy) is 1. The van der Waals surface area contributed by atoms with E-state index in [-0.39, 0.29) is 5.97 Å². The van der Waals surface area contributed by atoms with Gasteiger partial charge in [-0.25, -0.2) is 4.98 Å². The smallest absolute Gasteiger partial charge is 0.302 e. The molecule has 0 amide bonds. The van der Waals surface area contributed by atoms with E-state index in [0.29, 0.717) is 18.1 Å². The van der Waals surface area contributed by atoms with Crippen molar-refractivity contribution in [3.63, 3.8) is 0 Å². The van der Waals surface area contributed by atoms with Crippen LogP contribution >= 0.6 is 11.6 Å². The van der Waals surface area contributed by atoms with Gasteiger partial charge in [-0.15, -0.1) is 0 Å². The summed E-state index contributed by atoms with van der Waals surface area (Å²) in [6.45, 7) is 5.76. The molecule has 0 spiro atoms. The van der Waals surface area contributed by atoms with Gasteiger partial charge < -0.3 is 14.5 Å². The van der Waals surface area contributed by atoms with E-state index in [2.05, 4.69) is 21.8 Å². The zero-order valence-electron chi connectivity index (χ0n) is 11.9. The van der Waals surface area contributed by atoms with Gasteiger partial charge in [-0.1, -0.05) is 11.6 Å². The van der Waals surface area contributed by atoms with E-state index < -0.39 is 0 Å². The van der Waals surface area contributed by atoms with Crippen LogP contribution in [-0.4, -0.2) is 55.7 Å². The quantitative estimate of drug-likeness (QED) is 0.790. The Morgan fingerprint density at radius 2 is 2.10 bits per heavy atom. The Balaban J connectivity index is 2.02. The van der Waals surface area contributed by atoms with Crippen molar-refractivity contribution < 1.29 is 9.53 Å². The minimum atomic E-state index is -0.269. The van der Waals surface area contributed by atoms with Gasteiger partial charge in [0.1, 0.15) is 5.82 Å². The molecule has 1 aliphatic rings. The number of anilines is 1. The fourth-order valence-electron chi connectivity index (χ4n) is 2.17. The van der Waals surface area contributed by atoms with E-state index in [1.54, 1.807) is 6.20 Å². The minimum absolute atomic E-state index is 0.269. The Morgan fingerprint density at radius 1 is 1.40 bits per heavy atom. The third-order valence-electron chi connectivity index (χ3n) is 3.42. The Bertz CT molecular complexity index is 473. The summed E-state index contributed by atoms with van der Waals surface area (Å²) in [6, 6.07) is 2.00. The number of carbonyl (C=O) groups excluding carboxylic acids is 1. The largest absolute Gasteiger partial charge is 0.466 e. The SMILES string of the molecule is CC(=O)OCCc1cc(N2CCN(C)CC2)ncc1Cl. The van der Waals surface area contributed by atoms with E-state index in [1.807, 2.05) is 6.07 Å². The lowest BCUT2D eigenvalue weighted by Crippen LogP contribution is -2.44. The topological polar surface area (TPSA) is 45.7 Å². The Hall–Kier alpha value is -1.33. The molecular weight excluding hydrogens is 278 g/mol. The summed E-state index contributed by atoms with van der Waals surface area (Å²) in [5.74, 6) is 0.676. The predicted molar refractivity (Wildman–Crippen MR) is 79.3 cm³/mol. The number of likely N-dealkylation sites (N-methyl/N-ethyl adjacent to an activating group) is 1. The second-order valence-electron chi connectivity index (χ2n) is 5.01. The van der Waals surface area contributed by atoms with Gasteiger partial charge in [-0.2, -0.15) is 0 Å². The van der Waals surface area contributed by atoms with Gasteiger partial charge in [-0.05, 0) is 18.7 Å². The number of hydrogen-bond donors (Lipinski definition) is 0. The molecule has 1 fully saturated rings. The molecule has 0 aromatic carbocycles. The van der Waals surface area contributed by atoms with Crippen LogP contribution in [0.3, 0.4) is 0 Å². The number of carbonyl (C=O) groups is 1. The lowest BCUT2D eigenvalue weighted by atomic mass is 10.2. The van der Waals surface area contributed by atoms with Crippen molar-refractivity contribution in [1.82, 2.24) is 9.88 Å². The second kappa shape index (κ2) is 6.90. The molecule has 1 aromatic rings. The zero-order chi connectivity index (χ0) is 14.5. The molecule has 0 radical (unpaired) electrons. The molecule has 0 aliphatic carbocycles. The Labute approximate surface area is 124 Å². The van der Waals surface area contributed by atoms with Gasteiger partial charge in [0.25, 0.3) is 0 Å². The maximum absolute atomic E-state index is 10.8. The molecule has 1 aliphatic heterocycles. The lowest BCUT2D eigenvalue weighted by molar-refractivity contribution is -0.140. The summed E-state index contributed by atoms with van der Waals surface area (Å²) < 4.78 is 4.96. The monoisotopic (exact) mass is 297 g/mol. The van der Waals surface area contributed by atoms with Gasteiger partial charge >= 0.3 is 5.97 Å². The highest BCUT2D eigenvalue weighted by atomic mass is 35.5. The number of halogens is 1. The van der Waals surface area contributed by atoms with Gasteiger partial charge in [-0.3, -0.25) is 4.79 Å². The maximum atomic E-state index is 10.8. The molecule has 1 saturated heterocycles. The Kier molecular flexibility index (Phi) is 5.20. The highest BCUT2D eigenvalue weighted by molar-refractivity contribution is 6.31. The van der Waals surface area contributed by atoms with Crippen LogP contribution in [0.25, 0.3) is 0 Å². The van der Waals surface area contributed by atoms with Crippen LogP contribution in [0, 0.1) is 0 Å². The minimum Gasteiger partial charge on any atom is -0.466 e. The van der Waals surface area contributed by atoms with Gasteiger partial charge in [0.2, 0.25) is 0 Å². The number of aromatic nitrogens is 1. The van der Waals surface area contributed by atoms with Crippen LogP contribution in [0.15, 0.2) is 12.3 Å². The summed E-state index contributed by atoms with van der Waals surface area (Å²) >= 11 is 6.14. The molecule has 20 heavy (non-hydrogen) atoms. The van der Waals surface area contributed by atoms with Crippen LogP contribution < -0.4 is 4.90 Å². The summed E-state index contributed by atoms with van der Waals surface area (Å²) in [4.78, 5) is 19.7. The molecular formula is C14H20ClN3O2. The van der Waals surface area contributed by atoms with Crippen LogP contribution in [0.2, 0.25) is 5.02 Å². The van der Waals surface area contributed by atoms with Crippen molar-refractivity contribution in [3.8, 4) is 0 Å². The van der Waals surface area contributed by atoms with Crippen LogP contribution in [-0.2, 0) is 16.0 Å². The number of pyridine rings is 1. The highest BCUT2D eigenvalue weighted by Gasteiger charge is 2.16. The second-order valence-corrected chi connectivity index (χ2v) is 5.42. The molecule has 2 rings (SSSR count). The summed E-state index contributed by atoms with van der Waals surface area (Å²) in [6.07, 6.45) is 2.29. The summed E-state index contributed by atoms with van der Waals surface area (Å²) in [5.41, 5.74) is 0.969. The normalized spacial score (nSPS) is 16.2. The third kappa shape index (κ3) is 4.08. The molecule has 0 bridgehead atoms. The van der Waals surface area contributed by atoms with Crippen molar-refractivity contribution in [1.29, 1.82) is 0 Å². The lowest BCUT2D eigenvalue weighted by Gasteiger charge is -2.33. The molecule has 6 heteroatoms. The van der Waals surface area contributed by atoms with Crippen molar-refractivity contribution in [2.45, 2.75) is 13.3 Å². The van der Waals surface area contributed by atoms with Crippen molar-refractivity contribution in [2.24, 2.45) is 0 Å².